The van der Waals surface area contributed by atoms with Crippen LogP contribution in [0.15, 0.2) is 78.3 Å². The Balaban J connectivity index is 0.843. The van der Waals surface area contributed by atoms with Gasteiger partial charge in [-0.05, 0) is 105 Å². The Bertz CT molecular complexity index is 2420. The van der Waals surface area contributed by atoms with Crippen molar-refractivity contribution in [2.24, 2.45) is 5.41 Å². The van der Waals surface area contributed by atoms with Crippen LogP contribution < -0.4 is 25.2 Å². The zero-order chi connectivity index (χ0) is 50.1. The maximum Gasteiger partial charge on any atom is 0.416 e. The molecule has 69 heavy (non-hydrogen) atoms. The number of anilines is 2. The number of β-amino-alcohol motifs (C(OH)–C–C–N with tert-alkyl or cyclic N) is 1. The number of aromatic nitrogens is 1. The molecular formula is C50H61F3N6O9S. The average molecular weight is 979 g/mol. The van der Waals surface area contributed by atoms with Crippen LogP contribution in [-0.2, 0) is 41.4 Å². The summed E-state index contributed by atoms with van der Waals surface area (Å²) in [6.07, 6.45) is -2.53. The first-order valence-electron chi connectivity index (χ1n) is 23.0. The number of rotatable bonds is 21. The molecule has 19 heteroatoms. The van der Waals surface area contributed by atoms with Crippen molar-refractivity contribution < 1.29 is 56.5 Å². The van der Waals surface area contributed by atoms with Gasteiger partial charge >= 0.3 is 12.2 Å². The standard InChI is InChI=1S/C50H61F3N6O9S/c1-32-42(69-31-55-32)34-16-14-33(15-17-34)28-54-44(62)40-27-38(60)29-57(40)45(63)43(48(2,3)4)56-41(61)30-67-24-11-23-66-22-8-7-9-25-68-39-20-18-36(19-21-39)59-47(65)58(46(64)49(59,5)6)37-13-10-12-35(26-37)50(51,52)53/h10,12-21,26,31,38,40,43,60H,7-9,11,22-25,27-30H2,1-6H3,(H,54,62)(H,56,61)/t38-,40+,43-/m1/s1. The number of aliphatic hydroxyl groups is 1. The van der Waals surface area contributed by atoms with Crippen LogP contribution in [0.5, 0.6) is 5.75 Å². The highest BCUT2D eigenvalue weighted by atomic mass is 32.1. The molecule has 2 aliphatic heterocycles. The van der Waals surface area contributed by atoms with Gasteiger partial charge in [0.1, 0.15) is 30.0 Å². The molecule has 2 fully saturated rings. The van der Waals surface area contributed by atoms with E-state index >= 15 is 0 Å². The summed E-state index contributed by atoms with van der Waals surface area (Å²) in [5.74, 6) is -1.42. The normalized spacial score (nSPS) is 17.6. The molecule has 3 aromatic carbocycles. The first-order valence-corrected chi connectivity index (χ1v) is 23.8. The van der Waals surface area contributed by atoms with Gasteiger partial charge in [-0.25, -0.2) is 14.7 Å². The van der Waals surface area contributed by atoms with Crippen molar-refractivity contribution in [3.63, 3.8) is 0 Å². The van der Waals surface area contributed by atoms with Gasteiger partial charge in [-0.3, -0.25) is 24.1 Å². The van der Waals surface area contributed by atoms with E-state index in [9.17, 15) is 42.3 Å². The monoisotopic (exact) mass is 978 g/mol. The van der Waals surface area contributed by atoms with Crippen LogP contribution in [0.2, 0.25) is 0 Å². The molecule has 3 N–H and O–H groups in total. The van der Waals surface area contributed by atoms with E-state index in [0.29, 0.717) is 37.7 Å². The van der Waals surface area contributed by atoms with E-state index < -0.39 is 64.6 Å². The molecule has 0 unspecified atom stereocenters. The molecule has 2 aliphatic rings. The molecule has 3 heterocycles. The number of likely N-dealkylation sites (tertiary alicyclic amines) is 1. The summed E-state index contributed by atoms with van der Waals surface area (Å²) in [7, 11) is 0. The van der Waals surface area contributed by atoms with Crippen molar-refractivity contribution >= 4 is 52.4 Å². The molecule has 0 radical (unpaired) electrons. The van der Waals surface area contributed by atoms with E-state index in [0.717, 1.165) is 64.1 Å². The third kappa shape index (κ3) is 13.3. The van der Waals surface area contributed by atoms with E-state index in [-0.39, 0.29) is 44.3 Å². The first-order chi connectivity index (χ1) is 32.7. The molecule has 0 spiro atoms. The molecule has 2 saturated heterocycles. The van der Waals surface area contributed by atoms with Crippen LogP contribution in [-0.4, -0.2) is 108 Å². The van der Waals surface area contributed by atoms with E-state index in [1.165, 1.54) is 29.7 Å². The third-order valence-corrected chi connectivity index (χ3v) is 12.9. The number of aryl methyl sites for hydroxylation is 1. The van der Waals surface area contributed by atoms with E-state index in [1.807, 2.05) is 52.0 Å². The summed E-state index contributed by atoms with van der Waals surface area (Å²) >= 11 is 1.56. The third-order valence-electron chi connectivity index (χ3n) is 11.9. The lowest BCUT2D eigenvalue weighted by molar-refractivity contribution is -0.144. The number of unbranched alkanes of at least 4 members (excludes halogenated alkanes) is 2. The van der Waals surface area contributed by atoms with Crippen LogP contribution >= 0.6 is 11.3 Å². The highest BCUT2D eigenvalue weighted by molar-refractivity contribution is 7.13. The lowest BCUT2D eigenvalue weighted by Crippen LogP contribution is -2.58. The molecule has 0 saturated carbocycles. The van der Waals surface area contributed by atoms with Gasteiger partial charge < -0.3 is 34.9 Å². The maximum atomic E-state index is 13.9. The van der Waals surface area contributed by atoms with Crippen LogP contribution in [0.4, 0.5) is 29.3 Å². The van der Waals surface area contributed by atoms with Crippen LogP contribution in [0.25, 0.3) is 10.4 Å². The van der Waals surface area contributed by atoms with Gasteiger partial charge in [-0.15, -0.1) is 11.3 Å². The molecular weight excluding hydrogens is 918 g/mol. The minimum atomic E-state index is -4.64. The van der Waals surface area contributed by atoms with Crippen molar-refractivity contribution in [1.29, 1.82) is 0 Å². The topological polar surface area (TPSA) is 180 Å². The van der Waals surface area contributed by atoms with Gasteiger partial charge in [0.2, 0.25) is 17.7 Å². The summed E-state index contributed by atoms with van der Waals surface area (Å²) in [6.45, 7) is 12.1. The van der Waals surface area contributed by atoms with E-state index in [4.69, 9.17) is 14.2 Å². The summed E-state index contributed by atoms with van der Waals surface area (Å²) in [4.78, 5) is 75.8. The zero-order valence-corrected chi connectivity index (χ0v) is 40.6. The van der Waals surface area contributed by atoms with Gasteiger partial charge in [-0.1, -0.05) is 51.1 Å². The Labute approximate surface area is 404 Å². The summed E-state index contributed by atoms with van der Waals surface area (Å²) in [5.41, 5.74) is 1.87. The van der Waals surface area contributed by atoms with Crippen molar-refractivity contribution in [1.82, 2.24) is 20.5 Å². The van der Waals surface area contributed by atoms with Gasteiger partial charge in [0.25, 0.3) is 5.91 Å². The molecule has 0 bridgehead atoms. The van der Waals surface area contributed by atoms with Gasteiger partial charge in [0.15, 0.2) is 0 Å². The number of carbonyl (C=O) groups excluding carboxylic acids is 5. The molecule has 372 valence electrons. The zero-order valence-electron chi connectivity index (χ0n) is 39.8. The smallest absolute Gasteiger partial charge is 0.416 e. The van der Waals surface area contributed by atoms with Crippen molar-refractivity contribution in [2.75, 3.05) is 49.4 Å². The lowest BCUT2D eigenvalue weighted by Gasteiger charge is -2.35. The van der Waals surface area contributed by atoms with Gasteiger partial charge in [-0.2, -0.15) is 13.2 Å². The molecule has 15 nitrogen and oxygen atoms in total. The number of urea groups is 1. The van der Waals surface area contributed by atoms with Crippen LogP contribution in [0.3, 0.4) is 0 Å². The Hall–Kier alpha value is -5.89. The number of nitrogens with one attached hydrogen (secondary N) is 2. The summed E-state index contributed by atoms with van der Waals surface area (Å²) < 4.78 is 57.2. The molecule has 6 rings (SSSR count). The molecule has 1 aromatic heterocycles. The molecule has 0 aliphatic carbocycles. The van der Waals surface area contributed by atoms with Crippen molar-refractivity contribution in [3.05, 3.63) is 95.1 Å². The number of carbonyl (C=O) groups is 5. The number of benzene rings is 3. The Morgan fingerprint density at radius 1 is 0.899 bits per heavy atom. The number of hydrogen-bond acceptors (Lipinski definition) is 11. The number of hydrogen-bond donors (Lipinski definition) is 3. The second kappa shape index (κ2) is 22.7. The van der Waals surface area contributed by atoms with Crippen molar-refractivity contribution in [3.8, 4) is 16.2 Å². The Morgan fingerprint density at radius 2 is 1.58 bits per heavy atom. The van der Waals surface area contributed by atoms with Gasteiger partial charge in [0, 0.05) is 45.0 Å². The number of amides is 6. The van der Waals surface area contributed by atoms with Crippen molar-refractivity contribution in [2.45, 2.75) is 110 Å². The van der Waals surface area contributed by atoms with E-state index in [1.54, 1.807) is 41.1 Å². The quantitative estimate of drug-likeness (QED) is 0.0554. The van der Waals surface area contributed by atoms with Crippen LogP contribution in [0.1, 0.15) is 83.5 Å². The van der Waals surface area contributed by atoms with E-state index in [2.05, 4.69) is 15.6 Å². The number of imide groups is 1. The SMILES string of the molecule is Cc1ncsc1-c1ccc(CNC(=O)[C@@H]2C[C@@H](O)CN2C(=O)[C@@H](NC(=O)COCCCOCCCCCOc2ccc(N3C(=O)N(c4cccc(C(F)(F)F)c4)C(=O)C3(C)C)cc2)C(C)(C)C)cc1. The molecule has 4 aromatic rings. The maximum absolute atomic E-state index is 13.9. The number of alkyl halides is 3. The number of nitrogens with zero attached hydrogens (tertiary/aromatic N) is 4. The fourth-order valence-electron chi connectivity index (χ4n) is 8.15. The van der Waals surface area contributed by atoms with Gasteiger partial charge in [0.05, 0.1) is 40.0 Å². The summed E-state index contributed by atoms with van der Waals surface area (Å²) in [5, 5.41) is 16.2. The second-order valence-corrected chi connectivity index (χ2v) is 19.6. The predicted molar refractivity (Wildman–Crippen MR) is 255 cm³/mol. The second-order valence-electron chi connectivity index (χ2n) is 18.7. The average Bonchev–Trinajstić information content (AvgIpc) is 3.97. The highest BCUT2D eigenvalue weighted by Crippen LogP contribution is 2.39. The fourth-order valence-corrected chi connectivity index (χ4v) is 8.97. The number of ether oxygens (including phenoxy) is 3. The van der Waals surface area contributed by atoms with Crippen LogP contribution in [0, 0.1) is 12.3 Å². The Kier molecular flexibility index (Phi) is 17.3. The number of halogens is 3. The highest BCUT2D eigenvalue weighted by Gasteiger charge is 2.53. The minimum absolute atomic E-state index is 0.0300. The number of aliphatic hydroxyl groups excluding tert-OH is 1. The largest absolute Gasteiger partial charge is 0.494 e. The first kappa shape index (κ1) is 52.5. The summed E-state index contributed by atoms with van der Waals surface area (Å²) in [6, 6.07) is 15.9. The molecule has 3 atom stereocenters. The Morgan fingerprint density at radius 3 is 2.25 bits per heavy atom. The predicted octanol–water partition coefficient (Wildman–Crippen LogP) is 7.67. The molecule has 6 amide bonds. The number of thiazole rings is 1. The minimum Gasteiger partial charge on any atom is -0.494 e. The lowest BCUT2D eigenvalue weighted by atomic mass is 9.85. The fraction of sp³-hybridized carbons (Fsp3) is 0.480.